The maximum absolute atomic E-state index is 12.4. The number of amides is 1. The maximum atomic E-state index is 12.4. The quantitative estimate of drug-likeness (QED) is 0.234. The molecule has 3 aromatic rings. The van der Waals surface area contributed by atoms with E-state index in [1.165, 1.54) is 18.3 Å². The van der Waals surface area contributed by atoms with Crippen molar-refractivity contribution < 1.29 is 28.7 Å². The van der Waals surface area contributed by atoms with E-state index in [1.807, 2.05) is 6.92 Å². The minimum atomic E-state index is -0.452. The smallest absolute Gasteiger partial charge is 0.271 e. The Morgan fingerprint density at radius 1 is 1.14 bits per heavy atom. The molecule has 180 valence electrons. The summed E-state index contributed by atoms with van der Waals surface area (Å²) in [6, 6.07) is 14.5. The minimum Gasteiger partial charge on any atom is -0.490 e. The second kappa shape index (κ2) is 10.9. The first-order chi connectivity index (χ1) is 16.9. The Balaban J connectivity index is 1.43. The average Bonchev–Trinajstić information content (AvgIpc) is 3.32. The average molecular weight is 542 g/mol. The SMILES string of the molecule is CCOc1cc(/C=N/NC(=O)c2ccc3c(c2)OCO3)cc(Br)c1OCc1ccc([N+](=O)[O-])cc1. The Labute approximate surface area is 208 Å². The van der Waals surface area contributed by atoms with Crippen LogP contribution < -0.4 is 24.4 Å². The van der Waals surface area contributed by atoms with Crippen molar-refractivity contribution in [2.45, 2.75) is 13.5 Å². The Morgan fingerprint density at radius 2 is 1.91 bits per heavy atom. The molecule has 35 heavy (non-hydrogen) atoms. The molecule has 10 nitrogen and oxygen atoms in total. The number of nitro groups is 1. The lowest BCUT2D eigenvalue weighted by Crippen LogP contribution is -2.17. The lowest BCUT2D eigenvalue weighted by molar-refractivity contribution is -0.384. The summed E-state index contributed by atoms with van der Waals surface area (Å²) >= 11 is 3.49. The first-order valence-corrected chi connectivity index (χ1v) is 11.3. The third kappa shape index (κ3) is 5.87. The maximum Gasteiger partial charge on any atom is 0.271 e. The molecule has 1 aliphatic rings. The molecule has 1 N–H and O–H groups in total. The number of carbonyl (C=O) groups is 1. The number of non-ortho nitro benzene ring substituents is 1. The lowest BCUT2D eigenvalue weighted by Gasteiger charge is -2.14. The van der Waals surface area contributed by atoms with Gasteiger partial charge in [-0.3, -0.25) is 14.9 Å². The number of hydrogen-bond acceptors (Lipinski definition) is 8. The molecular formula is C24H20BrN3O7. The molecule has 0 atom stereocenters. The molecule has 3 aromatic carbocycles. The number of fused-ring (bicyclic) bond motifs is 1. The van der Waals surface area contributed by atoms with E-state index in [1.54, 1.807) is 42.5 Å². The number of halogens is 1. The van der Waals surface area contributed by atoms with Crippen LogP contribution in [-0.2, 0) is 6.61 Å². The van der Waals surface area contributed by atoms with Gasteiger partial charge in [0.1, 0.15) is 6.61 Å². The van der Waals surface area contributed by atoms with Gasteiger partial charge in [-0.25, -0.2) is 5.43 Å². The fraction of sp³-hybridized carbons (Fsp3) is 0.167. The molecule has 0 unspecified atom stereocenters. The van der Waals surface area contributed by atoms with E-state index in [0.29, 0.717) is 45.2 Å². The Kier molecular flexibility index (Phi) is 7.46. The number of benzene rings is 3. The van der Waals surface area contributed by atoms with E-state index in [4.69, 9.17) is 18.9 Å². The summed E-state index contributed by atoms with van der Waals surface area (Å²) in [6.07, 6.45) is 1.48. The van der Waals surface area contributed by atoms with Crippen LogP contribution >= 0.6 is 15.9 Å². The van der Waals surface area contributed by atoms with Gasteiger partial charge in [-0.1, -0.05) is 0 Å². The summed E-state index contributed by atoms with van der Waals surface area (Å²) < 4.78 is 22.8. The summed E-state index contributed by atoms with van der Waals surface area (Å²) in [7, 11) is 0. The molecule has 0 saturated heterocycles. The van der Waals surface area contributed by atoms with Crippen molar-refractivity contribution in [2.75, 3.05) is 13.4 Å². The summed E-state index contributed by atoms with van der Waals surface area (Å²) in [4.78, 5) is 22.8. The van der Waals surface area contributed by atoms with Crippen LogP contribution in [0.2, 0.25) is 0 Å². The highest BCUT2D eigenvalue weighted by Gasteiger charge is 2.16. The molecule has 0 saturated carbocycles. The second-order valence-corrected chi connectivity index (χ2v) is 8.10. The minimum absolute atomic E-state index is 0.0131. The first kappa shape index (κ1) is 24.0. The van der Waals surface area contributed by atoms with E-state index < -0.39 is 10.8 Å². The number of nitrogens with zero attached hydrogens (tertiary/aromatic N) is 2. The topological polar surface area (TPSA) is 122 Å². The van der Waals surface area contributed by atoms with Crippen LogP contribution in [0.15, 0.2) is 64.2 Å². The van der Waals surface area contributed by atoms with Gasteiger partial charge in [0.15, 0.2) is 23.0 Å². The lowest BCUT2D eigenvalue weighted by atomic mass is 10.2. The summed E-state index contributed by atoms with van der Waals surface area (Å²) in [5.74, 6) is 1.66. The summed E-state index contributed by atoms with van der Waals surface area (Å²) in [5.41, 5.74) is 4.31. The van der Waals surface area contributed by atoms with Crippen molar-refractivity contribution >= 4 is 33.7 Å². The highest BCUT2D eigenvalue weighted by atomic mass is 79.9. The molecule has 1 aliphatic heterocycles. The monoisotopic (exact) mass is 541 g/mol. The fourth-order valence-electron chi connectivity index (χ4n) is 3.20. The number of hydrogen-bond donors (Lipinski definition) is 1. The molecule has 1 amide bonds. The van der Waals surface area contributed by atoms with Crippen molar-refractivity contribution in [3.63, 3.8) is 0 Å². The molecule has 0 aromatic heterocycles. The van der Waals surface area contributed by atoms with Gasteiger partial charge in [-0.2, -0.15) is 5.10 Å². The Morgan fingerprint density at radius 3 is 2.66 bits per heavy atom. The molecule has 4 rings (SSSR count). The number of rotatable bonds is 9. The van der Waals surface area contributed by atoms with Crippen molar-refractivity contribution in [3.8, 4) is 23.0 Å². The van der Waals surface area contributed by atoms with Crippen LogP contribution in [0.3, 0.4) is 0 Å². The molecule has 0 bridgehead atoms. The van der Waals surface area contributed by atoms with Gasteiger partial charge in [-0.05, 0) is 76.4 Å². The standard InChI is InChI=1S/C24H20BrN3O7/c1-2-32-22-10-16(12-26-27-24(29)17-5-8-20-21(11-17)35-14-34-20)9-19(25)23(22)33-13-15-3-6-18(7-4-15)28(30)31/h3-12H,2,13-14H2,1H3,(H,27,29)/b26-12+. The van der Waals surface area contributed by atoms with Gasteiger partial charge >= 0.3 is 0 Å². The van der Waals surface area contributed by atoms with Gasteiger partial charge in [0.25, 0.3) is 11.6 Å². The van der Waals surface area contributed by atoms with Crippen LogP contribution in [0.25, 0.3) is 0 Å². The molecule has 0 fully saturated rings. The molecule has 1 heterocycles. The zero-order valence-electron chi connectivity index (χ0n) is 18.5. The zero-order chi connectivity index (χ0) is 24.8. The van der Waals surface area contributed by atoms with Crippen molar-refractivity contribution in [1.82, 2.24) is 5.43 Å². The van der Waals surface area contributed by atoms with Gasteiger partial charge < -0.3 is 18.9 Å². The number of nitro benzene ring substituents is 1. The summed E-state index contributed by atoms with van der Waals surface area (Å²) in [5, 5.41) is 14.8. The van der Waals surface area contributed by atoms with Gasteiger partial charge in [-0.15, -0.1) is 0 Å². The van der Waals surface area contributed by atoms with Crippen LogP contribution in [0.4, 0.5) is 5.69 Å². The van der Waals surface area contributed by atoms with E-state index in [2.05, 4.69) is 26.5 Å². The van der Waals surface area contributed by atoms with Gasteiger partial charge in [0.05, 0.1) is 22.2 Å². The van der Waals surface area contributed by atoms with Crippen molar-refractivity contribution in [3.05, 3.63) is 85.9 Å². The number of ether oxygens (including phenoxy) is 4. The van der Waals surface area contributed by atoms with E-state index in [9.17, 15) is 14.9 Å². The third-order valence-corrected chi connectivity index (χ3v) is 5.47. The molecule has 0 radical (unpaired) electrons. The van der Waals surface area contributed by atoms with Crippen LogP contribution in [-0.4, -0.2) is 30.4 Å². The number of nitrogens with one attached hydrogen (secondary N) is 1. The Bertz CT molecular complexity index is 1280. The predicted octanol–water partition coefficient (Wildman–Crippen LogP) is 4.83. The molecular weight excluding hydrogens is 522 g/mol. The normalized spacial score (nSPS) is 11.9. The number of carbonyl (C=O) groups excluding carboxylic acids is 1. The third-order valence-electron chi connectivity index (χ3n) is 4.88. The molecule has 0 spiro atoms. The van der Waals surface area contributed by atoms with Gasteiger partial charge in [0, 0.05) is 17.7 Å². The zero-order valence-corrected chi connectivity index (χ0v) is 20.1. The fourth-order valence-corrected chi connectivity index (χ4v) is 3.78. The summed E-state index contributed by atoms with van der Waals surface area (Å²) in [6.45, 7) is 2.57. The van der Waals surface area contributed by atoms with Gasteiger partial charge in [0.2, 0.25) is 6.79 Å². The predicted molar refractivity (Wildman–Crippen MR) is 130 cm³/mol. The number of hydrazone groups is 1. The van der Waals surface area contributed by atoms with Crippen molar-refractivity contribution in [2.24, 2.45) is 5.10 Å². The van der Waals surface area contributed by atoms with Crippen molar-refractivity contribution in [1.29, 1.82) is 0 Å². The second-order valence-electron chi connectivity index (χ2n) is 7.24. The van der Waals surface area contributed by atoms with Crippen LogP contribution in [0.1, 0.15) is 28.4 Å². The highest BCUT2D eigenvalue weighted by Crippen LogP contribution is 2.37. The molecule has 11 heteroatoms. The largest absolute Gasteiger partial charge is 0.490 e. The van der Waals surface area contributed by atoms with E-state index in [-0.39, 0.29) is 19.1 Å². The van der Waals surface area contributed by atoms with Crippen LogP contribution in [0, 0.1) is 10.1 Å². The molecule has 0 aliphatic carbocycles. The van der Waals surface area contributed by atoms with E-state index in [0.717, 1.165) is 5.56 Å². The highest BCUT2D eigenvalue weighted by molar-refractivity contribution is 9.10. The first-order valence-electron chi connectivity index (χ1n) is 10.5. The van der Waals surface area contributed by atoms with Crippen LogP contribution in [0.5, 0.6) is 23.0 Å². The Hall–Kier alpha value is -4.12. The van der Waals surface area contributed by atoms with E-state index >= 15 is 0 Å².